The summed E-state index contributed by atoms with van der Waals surface area (Å²) in [5.41, 5.74) is 1.64. The van der Waals surface area contributed by atoms with Crippen molar-refractivity contribution in [1.29, 1.82) is 0 Å². The van der Waals surface area contributed by atoms with Crippen LogP contribution in [0.5, 0.6) is 0 Å². The van der Waals surface area contributed by atoms with Crippen molar-refractivity contribution >= 4 is 11.8 Å². The van der Waals surface area contributed by atoms with E-state index >= 15 is 0 Å². The van der Waals surface area contributed by atoms with Gasteiger partial charge < -0.3 is 10.6 Å². The quantitative estimate of drug-likeness (QED) is 0.865. The number of fused-ring (bicyclic) bond motifs is 1. The van der Waals surface area contributed by atoms with Crippen molar-refractivity contribution in [3.8, 4) is 0 Å². The van der Waals surface area contributed by atoms with Crippen LogP contribution in [0.3, 0.4) is 0 Å². The fraction of sp³-hybridized carbons (Fsp3) is 0.733. The molecule has 1 aliphatic heterocycles. The van der Waals surface area contributed by atoms with E-state index in [4.69, 9.17) is 0 Å². The third-order valence-electron chi connectivity index (χ3n) is 4.62. The third-order valence-corrected chi connectivity index (χ3v) is 4.62. The van der Waals surface area contributed by atoms with E-state index in [0.29, 0.717) is 13.1 Å². The molecular formula is C15H23N5O2. The molecule has 2 heterocycles. The molecule has 1 saturated carbocycles. The molecule has 1 unspecified atom stereocenters. The average molecular weight is 305 g/mol. The Morgan fingerprint density at radius 3 is 2.82 bits per heavy atom. The van der Waals surface area contributed by atoms with Gasteiger partial charge >= 0.3 is 0 Å². The minimum absolute atomic E-state index is 0.0195. The van der Waals surface area contributed by atoms with Crippen molar-refractivity contribution in [2.45, 2.75) is 58.7 Å². The third kappa shape index (κ3) is 2.71. The predicted octanol–water partition coefficient (Wildman–Crippen LogP) is 0.911. The van der Waals surface area contributed by atoms with Gasteiger partial charge in [0, 0.05) is 5.92 Å². The van der Waals surface area contributed by atoms with Gasteiger partial charge in [0.1, 0.15) is 11.7 Å². The molecule has 0 spiro atoms. The van der Waals surface area contributed by atoms with Gasteiger partial charge in [-0.25, -0.2) is 4.68 Å². The van der Waals surface area contributed by atoms with Gasteiger partial charge in [0.05, 0.1) is 18.8 Å². The van der Waals surface area contributed by atoms with Crippen LogP contribution < -0.4 is 10.6 Å². The van der Waals surface area contributed by atoms with Crippen molar-refractivity contribution in [3.05, 3.63) is 11.4 Å². The van der Waals surface area contributed by atoms with Crippen molar-refractivity contribution in [3.63, 3.8) is 0 Å². The number of hydrogen-bond acceptors (Lipinski definition) is 4. The van der Waals surface area contributed by atoms with Crippen molar-refractivity contribution in [1.82, 2.24) is 25.6 Å². The van der Waals surface area contributed by atoms with Gasteiger partial charge in [-0.3, -0.25) is 9.59 Å². The first-order chi connectivity index (χ1) is 10.6. The fourth-order valence-electron chi connectivity index (χ4n) is 3.36. The Morgan fingerprint density at radius 1 is 1.41 bits per heavy atom. The molecule has 22 heavy (non-hydrogen) atoms. The van der Waals surface area contributed by atoms with E-state index in [1.807, 2.05) is 13.8 Å². The molecule has 2 N–H and O–H groups in total. The van der Waals surface area contributed by atoms with Gasteiger partial charge in [-0.1, -0.05) is 31.9 Å². The van der Waals surface area contributed by atoms with E-state index in [2.05, 4.69) is 20.9 Å². The van der Waals surface area contributed by atoms with Crippen LogP contribution in [-0.4, -0.2) is 26.8 Å². The smallest absolute Gasteiger partial charge is 0.245 e. The van der Waals surface area contributed by atoms with E-state index in [0.717, 1.165) is 37.1 Å². The number of rotatable bonds is 4. The van der Waals surface area contributed by atoms with Crippen LogP contribution in [0.15, 0.2) is 0 Å². The molecule has 0 aromatic carbocycles. The molecular weight excluding hydrogens is 282 g/mol. The summed E-state index contributed by atoms with van der Waals surface area (Å²) in [6.07, 6.45) is 4.25. The first-order valence-corrected chi connectivity index (χ1v) is 8.06. The zero-order valence-corrected chi connectivity index (χ0v) is 13.1. The molecule has 3 rings (SSSR count). The number of aromatic nitrogens is 3. The van der Waals surface area contributed by atoms with Crippen LogP contribution in [0.2, 0.25) is 0 Å². The molecule has 120 valence electrons. The predicted molar refractivity (Wildman–Crippen MR) is 79.5 cm³/mol. The average Bonchev–Trinajstić information content (AvgIpc) is 3.13. The topological polar surface area (TPSA) is 88.9 Å². The molecule has 1 atom stereocenters. The second-order valence-corrected chi connectivity index (χ2v) is 6.53. The molecule has 1 aromatic heterocycles. The molecule has 0 saturated heterocycles. The highest BCUT2D eigenvalue weighted by Gasteiger charge is 2.33. The van der Waals surface area contributed by atoms with Gasteiger partial charge in [0.15, 0.2) is 0 Å². The first-order valence-electron chi connectivity index (χ1n) is 8.06. The minimum atomic E-state index is -0.324. The van der Waals surface area contributed by atoms with Crippen molar-refractivity contribution in [2.75, 3.05) is 0 Å². The summed E-state index contributed by atoms with van der Waals surface area (Å²) < 4.78 is 1.71. The second kappa shape index (κ2) is 6.06. The maximum absolute atomic E-state index is 12.1. The number of nitrogens with zero attached hydrogens (tertiary/aromatic N) is 3. The van der Waals surface area contributed by atoms with Gasteiger partial charge in [-0.05, 0) is 18.8 Å². The highest BCUT2D eigenvalue weighted by Crippen LogP contribution is 2.26. The highest BCUT2D eigenvalue weighted by molar-refractivity contribution is 5.81. The number of nitrogens with one attached hydrogen (secondary N) is 2. The lowest BCUT2D eigenvalue weighted by molar-refractivity contribution is -0.127. The molecule has 0 radical (unpaired) electrons. The Morgan fingerprint density at radius 2 is 2.14 bits per heavy atom. The molecule has 1 aliphatic carbocycles. The summed E-state index contributed by atoms with van der Waals surface area (Å²) in [5.74, 6) is 0.379. The lowest BCUT2D eigenvalue weighted by Crippen LogP contribution is -2.42. The summed E-state index contributed by atoms with van der Waals surface area (Å²) in [4.78, 5) is 24.1. The van der Waals surface area contributed by atoms with Gasteiger partial charge in [-0.15, -0.1) is 5.10 Å². The van der Waals surface area contributed by atoms with E-state index in [-0.39, 0.29) is 29.7 Å². The Balaban J connectivity index is 1.70. The molecule has 7 heteroatoms. The second-order valence-electron chi connectivity index (χ2n) is 6.53. The van der Waals surface area contributed by atoms with Crippen molar-refractivity contribution < 1.29 is 9.59 Å². The van der Waals surface area contributed by atoms with Crippen LogP contribution in [0.1, 0.15) is 57.0 Å². The van der Waals surface area contributed by atoms with E-state index < -0.39 is 0 Å². The van der Waals surface area contributed by atoms with Crippen molar-refractivity contribution in [2.24, 2.45) is 11.8 Å². The first kappa shape index (κ1) is 15.0. The molecule has 1 fully saturated rings. The zero-order valence-electron chi connectivity index (χ0n) is 13.1. The molecule has 2 amide bonds. The lowest BCUT2D eigenvalue weighted by atomic mass is 10.0. The van der Waals surface area contributed by atoms with Gasteiger partial charge in [0.2, 0.25) is 11.8 Å². The Hall–Kier alpha value is -1.92. The fourth-order valence-corrected chi connectivity index (χ4v) is 3.36. The standard InChI is InChI=1S/C15H23N5O2/c1-9(2)13-15(22)17-8-12-11(18-19-20(12)13)7-16-14(21)10-5-3-4-6-10/h9-10,13H,3-8H2,1-2H3,(H,16,21)(H,17,22). The highest BCUT2D eigenvalue weighted by atomic mass is 16.2. The SMILES string of the molecule is CC(C)C1C(=O)NCc2c(CNC(=O)C3CCCC3)nnn21. The molecule has 7 nitrogen and oxygen atoms in total. The van der Waals surface area contributed by atoms with Crippen LogP contribution in [-0.2, 0) is 22.7 Å². The summed E-state index contributed by atoms with van der Waals surface area (Å²) >= 11 is 0. The lowest BCUT2D eigenvalue weighted by Gasteiger charge is -2.26. The monoisotopic (exact) mass is 305 g/mol. The van der Waals surface area contributed by atoms with Crippen LogP contribution in [0.4, 0.5) is 0 Å². The molecule has 1 aromatic rings. The zero-order chi connectivity index (χ0) is 15.7. The molecule has 2 aliphatic rings. The van der Waals surface area contributed by atoms with E-state index in [1.165, 1.54) is 0 Å². The summed E-state index contributed by atoms with van der Waals surface area (Å²) in [7, 11) is 0. The number of amides is 2. The van der Waals surface area contributed by atoms with Gasteiger partial charge in [-0.2, -0.15) is 0 Å². The number of carbonyl (C=O) groups is 2. The van der Waals surface area contributed by atoms with E-state index in [1.54, 1.807) is 4.68 Å². The Bertz CT molecular complexity index is 574. The Labute approximate surface area is 129 Å². The van der Waals surface area contributed by atoms with Crippen LogP contribution >= 0.6 is 0 Å². The van der Waals surface area contributed by atoms with E-state index in [9.17, 15) is 9.59 Å². The van der Waals surface area contributed by atoms with Crippen LogP contribution in [0.25, 0.3) is 0 Å². The maximum atomic E-state index is 12.1. The molecule has 0 bridgehead atoms. The maximum Gasteiger partial charge on any atom is 0.245 e. The summed E-state index contributed by atoms with van der Waals surface area (Å²) in [5, 5.41) is 14.2. The minimum Gasteiger partial charge on any atom is -0.350 e. The van der Waals surface area contributed by atoms with Crippen LogP contribution in [0, 0.1) is 11.8 Å². The van der Waals surface area contributed by atoms with Gasteiger partial charge in [0.25, 0.3) is 0 Å². The Kier molecular flexibility index (Phi) is 4.13. The number of carbonyl (C=O) groups excluding carboxylic acids is 2. The largest absolute Gasteiger partial charge is 0.350 e. The summed E-state index contributed by atoms with van der Waals surface area (Å²) in [6, 6.07) is -0.324. The number of hydrogen-bond donors (Lipinski definition) is 2. The summed E-state index contributed by atoms with van der Waals surface area (Å²) in [6.45, 7) is 4.78. The normalized spacial score (nSPS) is 21.8.